The number of ether oxygens (including phenoxy) is 1. The van der Waals surface area contributed by atoms with Crippen molar-refractivity contribution in [1.29, 1.82) is 0 Å². The zero-order chi connectivity index (χ0) is 14.8. The Morgan fingerprint density at radius 3 is 2.55 bits per heavy atom. The largest absolute Gasteiger partial charge is 0.456 e. The Morgan fingerprint density at radius 1 is 1.20 bits per heavy atom. The highest BCUT2D eigenvalue weighted by Crippen LogP contribution is 2.31. The molecule has 0 saturated heterocycles. The fraction of sp³-hybridized carbons (Fsp3) is 0.143. The van der Waals surface area contributed by atoms with E-state index >= 15 is 0 Å². The second-order valence-electron chi connectivity index (χ2n) is 4.32. The second-order valence-corrected chi connectivity index (χ2v) is 6.74. The lowest BCUT2D eigenvalue weighted by molar-refractivity contribution is 0.481. The molecule has 0 aliphatic carbocycles. The molecule has 0 amide bonds. The molecule has 0 radical (unpaired) electrons. The molecule has 6 heteroatoms. The molecule has 2 rings (SSSR count). The molecule has 0 aromatic heterocycles. The minimum Gasteiger partial charge on any atom is -0.456 e. The molecular weight excluding hydrogens is 298 g/mol. The smallest absolute Gasteiger partial charge is 0.175 e. The summed E-state index contributed by atoms with van der Waals surface area (Å²) in [5.41, 5.74) is 6.42. The number of hydrogen-bond acceptors (Lipinski definition) is 4. The number of sulfone groups is 1. The van der Waals surface area contributed by atoms with Crippen molar-refractivity contribution in [3.63, 3.8) is 0 Å². The number of benzene rings is 2. The third-order valence-corrected chi connectivity index (χ3v) is 4.10. The Morgan fingerprint density at radius 2 is 1.95 bits per heavy atom. The van der Waals surface area contributed by atoms with Gasteiger partial charge in [0.2, 0.25) is 0 Å². The first-order chi connectivity index (χ1) is 9.40. The van der Waals surface area contributed by atoms with Crippen molar-refractivity contribution in [2.45, 2.75) is 11.4 Å². The van der Waals surface area contributed by atoms with Gasteiger partial charge in [0.25, 0.3) is 0 Å². The molecule has 0 heterocycles. The average Bonchev–Trinajstić information content (AvgIpc) is 2.40. The number of halogens is 1. The molecule has 0 unspecified atom stereocenters. The molecule has 4 nitrogen and oxygen atoms in total. The Bertz CT molecular complexity index is 729. The van der Waals surface area contributed by atoms with E-state index in [1.807, 2.05) is 6.07 Å². The lowest BCUT2D eigenvalue weighted by Gasteiger charge is -2.09. The van der Waals surface area contributed by atoms with Gasteiger partial charge in [-0.15, -0.1) is 0 Å². The van der Waals surface area contributed by atoms with Gasteiger partial charge in [-0.3, -0.25) is 0 Å². The molecule has 2 aromatic carbocycles. The second kappa shape index (κ2) is 5.83. The van der Waals surface area contributed by atoms with E-state index in [4.69, 9.17) is 22.1 Å². The van der Waals surface area contributed by atoms with Gasteiger partial charge in [-0.25, -0.2) is 8.42 Å². The highest BCUT2D eigenvalue weighted by Gasteiger charge is 2.09. The Hall–Kier alpha value is -1.56. The maximum absolute atomic E-state index is 11.5. The van der Waals surface area contributed by atoms with Crippen LogP contribution in [-0.4, -0.2) is 14.7 Å². The molecular formula is C14H14ClNO3S. The fourth-order valence-corrected chi connectivity index (χ4v) is 2.55. The van der Waals surface area contributed by atoms with Crippen LogP contribution in [0.3, 0.4) is 0 Å². The van der Waals surface area contributed by atoms with Crippen LogP contribution in [-0.2, 0) is 16.4 Å². The summed E-state index contributed by atoms with van der Waals surface area (Å²) >= 11 is 6.09. The summed E-state index contributed by atoms with van der Waals surface area (Å²) in [4.78, 5) is 0.199. The number of hydrogen-bond donors (Lipinski definition) is 1. The molecule has 0 saturated carbocycles. The minimum atomic E-state index is -3.27. The highest BCUT2D eigenvalue weighted by atomic mass is 35.5. The van der Waals surface area contributed by atoms with Crippen LogP contribution >= 0.6 is 11.6 Å². The standard InChI is InChI=1S/C14H14ClNO3S/c1-20(17,18)12-4-2-3-11(8-12)19-14-6-5-10(9-16)7-13(14)15/h2-8H,9,16H2,1H3. The van der Waals surface area contributed by atoms with Crippen LogP contribution in [0.1, 0.15) is 5.56 Å². The summed E-state index contributed by atoms with van der Waals surface area (Å²) in [6, 6.07) is 11.5. The van der Waals surface area contributed by atoms with Gasteiger partial charge < -0.3 is 10.5 Å². The van der Waals surface area contributed by atoms with Gasteiger partial charge in [-0.1, -0.05) is 23.7 Å². The fourth-order valence-electron chi connectivity index (χ4n) is 1.65. The van der Waals surface area contributed by atoms with Crippen LogP contribution < -0.4 is 10.5 Å². The molecule has 0 bridgehead atoms. The predicted molar refractivity (Wildman–Crippen MR) is 79.0 cm³/mol. The van der Waals surface area contributed by atoms with Crippen molar-refractivity contribution in [1.82, 2.24) is 0 Å². The summed E-state index contributed by atoms with van der Waals surface area (Å²) in [6.45, 7) is 0.392. The summed E-state index contributed by atoms with van der Waals surface area (Å²) in [5.74, 6) is 0.866. The maximum atomic E-state index is 11.5. The van der Waals surface area contributed by atoms with E-state index in [9.17, 15) is 8.42 Å². The van der Waals surface area contributed by atoms with Gasteiger partial charge in [0.15, 0.2) is 9.84 Å². The van der Waals surface area contributed by atoms with E-state index in [0.29, 0.717) is 23.1 Å². The summed E-state index contributed by atoms with van der Waals surface area (Å²) in [6.07, 6.45) is 1.15. The van der Waals surface area contributed by atoms with E-state index in [1.54, 1.807) is 24.3 Å². The molecule has 0 atom stereocenters. The van der Waals surface area contributed by atoms with Crippen LogP contribution in [0.4, 0.5) is 0 Å². The maximum Gasteiger partial charge on any atom is 0.175 e. The summed E-state index contributed by atoms with van der Waals surface area (Å²) in [7, 11) is -3.27. The van der Waals surface area contributed by atoms with Crippen molar-refractivity contribution in [2.24, 2.45) is 5.73 Å². The minimum absolute atomic E-state index is 0.199. The first-order valence-corrected chi connectivity index (χ1v) is 8.13. The van der Waals surface area contributed by atoms with Gasteiger partial charge in [-0.05, 0) is 35.9 Å². The quantitative estimate of drug-likeness (QED) is 0.942. The lowest BCUT2D eigenvalue weighted by atomic mass is 10.2. The van der Waals surface area contributed by atoms with Crippen LogP contribution in [0.5, 0.6) is 11.5 Å². The Kier molecular flexibility index (Phi) is 4.32. The zero-order valence-corrected chi connectivity index (χ0v) is 12.4. The van der Waals surface area contributed by atoms with Crippen molar-refractivity contribution < 1.29 is 13.2 Å². The van der Waals surface area contributed by atoms with Gasteiger partial charge >= 0.3 is 0 Å². The predicted octanol–water partition coefficient (Wildman–Crippen LogP) is 2.99. The Balaban J connectivity index is 2.31. The molecule has 20 heavy (non-hydrogen) atoms. The normalized spacial score (nSPS) is 11.3. The first kappa shape index (κ1) is 14.8. The van der Waals surface area contributed by atoms with Crippen molar-refractivity contribution >= 4 is 21.4 Å². The SMILES string of the molecule is CS(=O)(=O)c1cccc(Oc2ccc(CN)cc2Cl)c1. The van der Waals surface area contributed by atoms with Crippen LogP contribution in [0.25, 0.3) is 0 Å². The number of nitrogens with two attached hydrogens (primary N) is 1. The van der Waals surface area contributed by atoms with E-state index in [-0.39, 0.29) is 4.90 Å². The van der Waals surface area contributed by atoms with Crippen LogP contribution in [0, 0.1) is 0 Å². The van der Waals surface area contributed by atoms with Crippen molar-refractivity contribution in [2.75, 3.05) is 6.26 Å². The van der Waals surface area contributed by atoms with Crippen molar-refractivity contribution in [3.05, 3.63) is 53.1 Å². The van der Waals surface area contributed by atoms with E-state index in [1.165, 1.54) is 12.1 Å². The zero-order valence-electron chi connectivity index (χ0n) is 10.8. The molecule has 0 fully saturated rings. The molecule has 0 aliphatic rings. The van der Waals surface area contributed by atoms with Gasteiger partial charge in [0, 0.05) is 12.8 Å². The van der Waals surface area contributed by atoms with Crippen LogP contribution in [0.15, 0.2) is 47.4 Å². The monoisotopic (exact) mass is 311 g/mol. The van der Waals surface area contributed by atoms with E-state index in [2.05, 4.69) is 0 Å². The average molecular weight is 312 g/mol. The van der Waals surface area contributed by atoms with Crippen LogP contribution in [0.2, 0.25) is 5.02 Å². The number of rotatable bonds is 4. The van der Waals surface area contributed by atoms with Gasteiger partial charge in [-0.2, -0.15) is 0 Å². The highest BCUT2D eigenvalue weighted by molar-refractivity contribution is 7.90. The van der Waals surface area contributed by atoms with Gasteiger partial charge in [0.05, 0.1) is 9.92 Å². The van der Waals surface area contributed by atoms with E-state index in [0.717, 1.165) is 11.8 Å². The molecule has 106 valence electrons. The molecule has 2 N–H and O–H groups in total. The first-order valence-electron chi connectivity index (χ1n) is 5.86. The third kappa shape index (κ3) is 3.50. The molecule has 0 spiro atoms. The Labute approximate surface area is 123 Å². The lowest BCUT2D eigenvalue weighted by Crippen LogP contribution is -1.98. The summed E-state index contributed by atoms with van der Waals surface area (Å²) < 4.78 is 28.6. The molecule has 0 aliphatic heterocycles. The molecule has 2 aromatic rings. The summed E-state index contributed by atoms with van der Waals surface area (Å²) in [5, 5.41) is 0.428. The van der Waals surface area contributed by atoms with Crippen molar-refractivity contribution in [3.8, 4) is 11.5 Å². The topological polar surface area (TPSA) is 69.4 Å². The van der Waals surface area contributed by atoms with Gasteiger partial charge in [0.1, 0.15) is 11.5 Å². The van der Waals surface area contributed by atoms with E-state index < -0.39 is 9.84 Å². The third-order valence-electron chi connectivity index (χ3n) is 2.69.